The number of ether oxygens (including phenoxy) is 1. The van der Waals surface area contributed by atoms with Crippen molar-refractivity contribution >= 4 is 38.9 Å². The fourth-order valence-electron chi connectivity index (χ4n) is 2.98. The molecule has 0 saturated carbocycles. The van der Waals surface area contributed by atoms with E-state index in [2.05, 4.69) is 10.0 Å². The van der Waals surface area contributed by atoms with E-state index in [1.54, 1.807) is 18.2 Å². The predicted octanol–water partition coefficient (Wildman–Crippen LogP) is 4.95. The van der Waals surface area contributed by atoms with E-state index in [0.29, 0.717) is 16.5 Å². The topological polar surface area (TPSA) is 84.5 Å². The van der Waals surface area contributed by atoms with E-state index in [1.807, 2.05) is 0 Å². The van der Waals surface area contributed by atoms with Gasteiger partial charge in [-0.05, 0) is 67.1 Å². The van der Waals surface area contributed by atoms with E-state index in [4.69, 9.17) is 16.3 Å². The van der Waals surface area contributed by atoms with Crippen molar-refractivity contribution in [3.8, 4) is 11.5 Å². The van der Waals surface area contributed by atoms with Crippen molar-refractivity contribution in [2.45, 2.75) is 11.8 Å². The summed E-state index contributed by atoms with van der Waals surface area (Å²) in [5, 5.41) is 3.12. The molecule has 6 nitrogen and oxygen atoms in total. The Hall–Kier alpha value is -3.10. The van der Waals surface area contributed by atoms with Crippen LogP contribution in [0.25, 0.3) is 0 Å². The fourth-order valence-corrected chi connectivity index (χ4v) is 4.43. The van der Waals surface area contributed by atoms with Crippen molar-refractivity contribution in [1.82, 2.24) is 0 Å². The minimum atomic E-state index is -3.98. The van der Waals surface area contributed by atoms with Crippen molar-refractivity contribution < 1.29 is 22.3 Å². The Labute approximate surface area is 171 Å². The number of hydrogen-bond acceptors (Lipinski definition) is 4. The lowest BCUT2D eigenvalue weighted by Gasteiger charge is -2.12. The normalized spacial score (nSPS) is 12.9. The largest absolute Gasteiger partial charge is 0.454 e. The Morgan fingerprint density at radius 3 is 2.55 bits per heavy atom. The molecular weight excluding hydrogens is 419 g/mol. The number of anilines is 2. The third kappa shape index (κ3) is 3.76. The number of aryl methyl sites for hydroxylation is 1. The summed E-state index contributed by atoms with van der Waals surface area (Å²) in [6.45, 7) is 1.50. The zero-order chi connectivity index (χ0) is 20.8. The molecule has 0 spiro atoms. The van der Waals surface area contributed by atoms with Crippen molar-refractivity contribution in [1.29, 1.82) is 0 Å². The van der Waals surface area contributed by atoms with Gasteiger partial charge in [0, 0.05) is 10.7 Å². The molecule has 4 rings (SSSR count). The van der Waals surface area contributed by atoms with Crippen LogP contribution in [0.2, 0.25) is 5.02 Å². The fraction of sp³-hybridized carbons (Fsp3) is 0.0500. The molecule has 9 heteroatoms. The van der Waals surface area contributed by atoms with Gasteiger partial charge >= 0.3 is 0 Å². The van der Waals surface area contributed by atoms with Crippen molar-refractivity contribution in [3.63, 3.8) is 0 Å². The molecule has 148 valence electrons. The Bertz CT molecular complexity index is 1260. The number of benzene rings is 3. The van der Waals surface area contributed by atoms with E-state index in [0.717, 1.165) is 12.1 Å². The van der Waals surface area contributed by atoms with Gasteiger partial charge in [0.05, 0.1) is 16.1 Å². The second-order valence-corrected chi connectivity index (χ2v) is 8.51. The molecule has 1 aliphatic heterocycles. The molecule has 0 atom stereocenters. The molecule has 1 heterocycles. The van der Waals surface area contributed by atoms with Crippen LogP contribution in [-0.4, -0.2) is 14.3 Å². The highest BCUT2D eigenvalue weighted by Crippen LogP contribution is 2.38. The summed E-state index contributed by atoms with van der Waals surface area (Å²) in [5.41, 5.74) is 0.979. The number of carbonyl (C=O) groups is 1. The van der Waals surface area contributed by atoms with Crippen LogP contribution in [-0.2, 0) is 10.0 Å². The number of fused-ring (bicyclic) bond motifs is 2. The summed E-state index contributed by atoms with van der Waals surface area (Å²) in [4.78, 5) is 12.5. The summed E-state index contributed by atoms with van der Waals surface area (Å²) in [6.07, 6.45) is 0. The minimum Gasteiger partial charge on any atom is -0.454 e. The molecule has 0 fully saturated rings. The lowest BCUT2D eigenvalue weighted by Crippen LogP contribution is -2.15. The molecule has 0 aliphatic carbocycles. The second kappa shape index (κ2) is 7.06. The van der Waals surface area contributed by atoms with Crippen LogP contribution in [0.1, 0.15) is 15.9 Å². The molecule has 0 unspecified atom stereocenters. The van der Waals surface area contributed by atoms with Crippen LogP contribution in [0, 0.1) is 12.7 Å². The molecular formula is C20H14ClFN2O4S. The van der Waals surface area contributed by atoms with Crippen molar-refractivity contribution in [3.05, 3.63) is 76.6 Å². The first-order valence-electron chi connectivity index (χ1n) is 8.45. The minimum absolute atomic E-state index is 0.0587. The average molecular weight is 433 g/mol. The maximum atomic E-state index is 13.3. The SMILES string of the molecule is Cc1cc(F)ccc1S(=O)(=O)Nc1ccc2c(c1)C(=O)Nc1cc(Cl)ccc1O2. The van der Waals surface area contributed by atoms with Crippen LogP contribution in [0.4, 0.5) is 15.8 Å². The van der Waals surface area contributed by atoms with Gasteiger partial charge in [-0.1, -0.05) is 11.6 Å². The van der Waals surface area contributed by atoms with E-state index in [-0.39, 0.29) is 27.5 Å². The average Bonchev–Trinajstić information content (AvgIpc) is 2.77. The van der Waals surface area contributed by atoms with Gasteiger partial charge in [0.25, 0.3) is 15.9 Å². The van der Waals surface area contributed by atoms with Crippen LogP contribution in [0.3, 0.4) is 0 Å². The van der Waals surface area contributed by atoms with Gasteiger partial charge in [0.1, 0.15) is 11.6 Å². The summed E-state index contributed by atoms with van der Waals surface area (Å²) in [6, 6.07) is 12.5. The van der Waals surface area contributed by atoms with E-state index in [9.17, 15) is 17.6 Å². The number of nitrogens with one attached hydrogen (secondary N) is 2. The number of sulfonamides is 1. The number of rotatable bonds is 3. The maximum absolute atomic E-state index is 13.3. The molecule has 1 aliphatic rings. The van der Waals surface area contributed by atoms with E-state index >= 15 is 0 Å². The van der Waals surface area contributed by atoms with Gasteiger partial charge in [0.15, 0.2) is 5.75 Å². The quantitative estimate of drug-likeness (QED) is 0.613. The molecule has 3 aromatic carbocycles. The lowest BCUT2D eigenvalue weighted by molar-refractivity contribution is 0.102. The number of hydrogen-bond donors (Lipinski definition) is 2. The summed E-state index contributed by atoms with van der Waals surface area (Å²) < 4.78 is 46.8. The van der Waals surface area contributed by atoms with E-state index < -0.39 is 21.7 Å². The Balaban J connectivity index is 1.68. The zero-order valence-electron chi connectivity index (χ0n) is 15.0. The Morgan fingerprint density at radius 2 is 1.79 bits per heavy atom. The number of halogens is 2. The van der Waals surface area contributed by atoms with Crippen LogP contribution < -0.4 is 14.8 Å². The van der Waals surface area contributed by atoms with Crippen molar-refractivity contribution in [2.75, 3.05) is 10.0 Å². The summed E-state index contributed by atoms with van der Waals surface area (Å²) in [7, 11) is -3.98. The predicted molar refractivity (Wildman–Crippen MR) is 108 cm³/mol. The van der Waals surface area contributed by atoms with Gasteiger partial charge in [-0.3, -0.25) is 9.52 Å². The molecule has 0 aromatic heterocycles. The highest BCUT2D eigenvalue weighted by molar-refractivity contribution is 7.92. The number of amides is 1. The van der Waals surface area contributed by atoms with Gasteiger partial charge < -0.3 is 10.1 Å². The molecule has 29 heavy (non-hydrogen) atoms. The highest BCUT2D eigenvalue weighted by Gasteiger charge is 2.23. The molecule has 1 amide bonds. The third-order valence-corrected chi connectivity index (χ3v) is 6.09. The van der Waals surface area contributed by atoms with Gasteiger partial charge in [-0.2, -0.15) is 0 Å². The first-order valence-corrected chi connectivity index (χ1v) is 10.3. The summed E-state index contributed by atoms with van der Waals surface area (Å²) in [5.74, 6) is -0.318. The monoisotopic (exact) mass is 432 g/mol. The first kappa shape index (κ1) is 19.2. The molecule has 3 aromatic rings. The maximum Gasteiger partial charge on any atom is 0.262 e. The Morgan fingerprint density at radius 1 is 1.03 bits per heavy atom. The van der Waals surface area contributed by atoms with Gasteiger partial charge in [-0.25, -0.2) is 12.8 Å². The van der Waals surface area contributed by atoms with E-state index in [1.165, 1.54) is 31.2 Å². The second-order valence-electron chi connectivity index (χ2n) is 6.42. The van der Waals surface area contributed by atoms with Crippen molar-refractivity contribution in [2.24, 2.45) is 0 Å². The van der Waals surface area contributed by atoms with Gasteiger partial charge in [0.2, 0.25) is 0 Å². The van der Waals surface area contributed by atoms with Crippen LogP contribution >= 0.6 is 11.6 Å². The van der Waals surface area contributed by atoms with Crippen LogP contribution in [0.15, 0.2) is 59.5 Å². The first-order chi connectivity index (χ1) is 13.7. The standard InChI is InChI=1S/C20H14ClFN2O4S/c1-11-8-13(22)3-7-19(11)29(26,27)24-14-4-6-17-15(10-14)20(25)23-16-9-12(21)2-5-18(16)28-17/h2-10,24H,1H3,(H,23,25). The number of carbonyl (C=O) groups excluding carboxylic acids is 1. The Kier molecular flexibility index (Phi) is 4.68. The lowest BCUT2D eigenvalue weighted by atomic mass is 10.1. The molecule has 2 N–H and O–H groups in total. The molecule has 0 radical (unpaired) electrons. The molecule has 0 saturated heterocycles. The summed E-state index contributed by atoms with van der Waals surface area (Å²) >= 11 is 5.96. The van der Waals surface area contributed by atoms with Gasteiger partial charge in [-0.15, -0.1) is 0 Å². The molecule has 0 bridgehead atoms. The van der Waals surface area contributed by atoms with Crippen LogP contribution in [0.5, 0.6) is 11.5 Å². The zero-order valence-corrected chi connectivity index (χ0v) is 16.6. The smallest absolute Gasteiger partial charge is 0.262 e. The highest BCUT2D eigenvalue weighted by atomic mass is 35.5. The third-order valence-electron chi connectivity index (χ3n) is 4.31.